The van der Waals surface area contributed by atoms with Gasteiger partial charge in [0.15, 0.2) is 11.5 Å². The zero-order valence-electron chi connectivity index (χ0n) is 23.6. The summed E-state index contributed by atoms with van der Waals surface area (Å²) < 4.78 is 16.7. The van der Waals surface area contributed by atoms with Gasteiger partial charge in [-0.25, -0.2) is 24.3 Å². The number of fused-ring (bicyclic) bond motifs is 1. The summed E-state index contributed by atoms with van der Waals surface area (Å²) in [5.41, 5.74) is 0.555. The second kappa shape index (κ2) is 14.8. The largest absolute Gasteiger partial charge is 0.493 e. The monoisotopic (exact) mass is 531 g/mol. The molecule has 0 fully saturated rings. The molecule has 0 spiro atoms. The van der Waals surface area contributed by atoms with E-state index in [1.54, 1.807) is 19.1 Å². The second-order valence-corrected chi connectivity index (χ2v) is 8.65. The van der Waals surface area contributed by atoms with Crippen molar-refractivity contribution < 1.29 is 28.6 Å². The molecular weight excluding hydrogens is 490 g/mol. The SMILES string of the molecule is CCCCNC(=O)N(C(=O)NCCCC)c1c(OC(=O)N(CC)CC)nc(C)c2cc(OC)c(OC)cc12. The summed E-state index contributed by atoms with van der Waals surface area (Å²) in [6, 6.07) is 2.06. The summed E-state index contributed by atoms with van der Waals surface area (Å²) in [6.45, 7) is 11.0. The Labute approximate surface area is 224 Å². The number of anilines is 1. The molecule has 0 aliphatic rings. The van der Waals surface area contributed by atoms with Gasteiger partial charge in [0.2, 0.25) is 5.88 Å². The standard InChI is InChI=1S/C27H41N5O6/c1-8-12-14-28-25(33)32(26(34)29-15-13-9-2)23-20-17-22(37-7)21(36-6)16-19(20)18(5)30-24(23)38-27(35)31(10-3)11-4/h16-17H,8-15H2,1-7H3,(H,28,33)(H,29,34). The van der Waals surface area contributed by atoms with Crippen LogP contribution in [0.2, 0.25) is 0 Å². The normalized spacial score (nSPS) is 10.6. The van der Waals surface area contributed by atoms with Crippen molar-refractivity contribution in [3.8, 4) is 17.4 Å². The number of amides is 5. The number of benzene rings is 1. The van der Waals surface area contributed by atoms with Crippen LogP contribution in [-0.2, 0) is 0 Å². The van der Waals surface area contributed by atoms with Crippen molar-refractivity contribution in [2.75, 3.05) is 45.3 Å². The Hall–Kier alpha value is -3.76. The number of hydrogen-bond acceptors (Lipinski definition) is 7. The van der Waals surface area contributed by atoms with Gasteiger partial charge in [-0.3, -0.25) is 0 Å². The van der Waals surface area contributed by atoms with Crippen molar-refractivity contribution in [3.63, 3.8) is 0 Å². The fourth-order valence-corrected chi connectivity index (χ4v) is 3.87. The number of aromatic nitrogens is 1. The van der Waals surface area contributed by atoms with E-state index in [9.17, 15) is 14.4 Å². The Kier molecular flexibility index (Phi) is 11.9. The fourth-order valence-electron chi connectivity index (χ4n) is 3.87. The molecule has 11 nitrogen and oxygen atoms in total. The molecule has 11 heteroatoms. The van der Waals surface area contributed by atoms with Gasteiger partial charge in [-0.1, -0.05) is 26.7 Å². The number of nitrogens with one attached hydrogen (secondary N) is 2. The van der Waals surface area contributed by atoms with Gasteiger partial charge in [-0.05, 0) is 45.7 Å². The van der Waals surface area contributed by atoms with Crippen LogP contribution < -0.4 is 29.7 Å². The summed E-state index contributed by atoms with van der Waals surface area (Å²) in [4.78, 5) is 47.0. The summed E-state index contributed by atoms with van der Waals surface area (Å²) in [5.74, 6) is 0.677. The van der Waals surface area contributed by atoms with Crippen LogP contribution in [0.15, 0.2) is 12.1 Å². The van der Waals surface area contributed by atoms with Gasteiger partial charge >= 0.3 is 18.2 Å². The minimum absolute atomic E-state index is 0.0371. The highest BCUT2D eigenvalue weighted by molar-refractivity contribution is 6.19. The van der Waals surface area contributed by atoms with E-state index in [1.165, 1.54) is 19.1 Å². The van der Waals surface area contributed by atoms with Crippen LogP contribution in [0.5, 0.6) is 17.4 Å². The zero-order valence-corrected chi connectivity index (χ0v) is 23.6. The van der Waals surface area contributed by atoms with Crippen LogP contribution in [-0.4, -0.2) is 68.4 Å². The lowest BCUT2D eigenvalue weighted by Gasteiger charge is -2.26. The third kappa shape index (κ3) is 7.17. The van der Waals surface area contributed by atoms with Crippen molar-refractivity contribution in [1.82, 2.24) is 20.5 Å². The minimum atomic E-state index is -0.658. The number of nitrogens with zero attached hydrogens (tertiary/aromatic N) is 3. The summed E-state index contributed by atoms with van der Waals surface area (Å²) in [5, 5.41) is 6.65. The lowest BCUT2D eigenvalue weighted by atomic mass is 10.1. The molecule has 0 aliphatic carbocycles. The Balaban J connectivity index is 2.84. The average molecular weight is 532 g/mol. The van der Waals surface area contributed by atoms with Crippen LogP contribution in [0.25, 0.3) is 10.8 Å². The number of carbonyl (C=O) groups excluding carboxylic acids is 3. The first-order valence-corrected chi connectivity index (χ1v) is 13.2. The summed E-state index contributed by atoms with van der Waals surface area (Å²) >= 11 is 0. The van der Waals surface area contributed by atoms with Gasteiger partial charge in [-0.2, -0.15) is 0 Å². The number of aryl methyl sites for hydroxylation is 1. The highest BCUT2D eigenvalue weighted by Crippen LogP contribution is 2.42. The van der Waals surface area contributed by atoms with Crippen molar-refractivity contribution in [1.29, 1.82) is 0 Å². The molecule has 5 amide bonds. The maximum Gasteiger partial charge on any atom is 0.416 e. The fraction of sp³-hybridized carbons (Fsp3) is 0.556. The topological polar surface area (TPSA) is 122 Å². The van der Waals surface area contributed by atoms with Crippen molar-refractivity contribution >= 4 is 34.6 Å². The van der Waals surface area contributed by atoms with Crippen LogP contribution in [0.1, 0.15) is 59.1 Å². The zero-order chi connectivity index (χ0) is 28.2. The number of methoxy groups -OCH3 is 2. The molecule has 0 atom stereocenters. The Bertz CT molecular complexity index is 1100. The number of carbonyl (C=O) groups is 3. The Morgan fingerprint density at radius 1 is 0.842 bits per heavy atom. The molecule has 0 radical (unpaired) electrons. The van der Waals surface area contributed by atoms with Crippen LogP contribution in [0.3, 0.4) is 0 Å². The van der Waals surface area contributed by atoms with Crippen molar-refractivity contribution in [3.05, 3.63) is 17.8 Å². The van der Waals surface area contributed by atoms with Crippen LogP contribution in [0.4, 0.5) is 20.1 Å². The van der Waals surface area contributed by atoms with E-state index >= 15 is 0 Å². The molecule has 210 valence electrons. The first-order chi connectivity index (χ1) is 18.3. The Morgan fingerprint density at radius 2 is 1.34 bits per heavy atom. The number of rotatable bonds is 12. The third-order valence-corrected chi connectivity index (χ3v) is 6.09. The van der Waals surface area contributed by atoms with E-state index in [0.29, 0.717) is 54.1 Å². The molecule has 1 aromatic carbocycles. The van der Waals surface area contributed by atoms with Gasteiger partial charge in [-0.15, -0.1) is 0 Å². The third-order valence-electron chi connectivity index (χ3n) is 6.09. The molecule has 0 saturated heterocycles. The highest BCUT2D eigenvalue weighted by atomic mass is 16.6. The van der Waals surface area contributed by atoms with Crippen LogP contribution in [0, 0.1) is 6.92 Å². The highest BCUT2D eigenvalue weighted by Gasteiger charge is 2.32. The molecule has 1 aromatic heterocycles. The molecule has 0 bridgehead atoms. The maximum atomic E-state index is 13.5. The molecule has 2 N–H and O–H groups in total. The molecule has 38 heavy (non-hydrogen) atoms. The summed E-state index contributed by atoms with van der Waals surface area (Å²) in [7, 11) is 3.01. The van der Waals surface area contributed by atoms with Gasteiger partial charge < -0.3 is 29.7 Å². The predicted octanol–water partition coefficient (Wildman–Crippen LogP) is 5.23. The van der Waals surface area contributed by atoms with E-state index in [1.807, 2.05) is 27.7 Å². The molecule has 0 unspecified atom stereocenters. The van der Waals surface area contributed by atoms with Crippen molar-refractivity contribution in [2.24, 2.45) is 0 Å². The number of ether oxygens (including phenoxy) is 3. The second-order valence-electron chi connectivity index (χ2n) is 8.65. The molecule has 0 saturated carbocycles. The summed E-state index contributed by atoms with van der Waals surface area (Å²) in [6.07, 6.45) is 2.56. The van der Waals surface area contributed by atoms with Gasteiger partial charge in [0.05, 0.1) is 14.2 Å². The molecule has 0 aliphatic heterocycles. The lowest BCUT2D eigenvalue weighted by Crippen LogP contribution is -2.49. The van der Waals surface area contributed by atoms with E-state index in [0.717, 1.165) is 30.6 Å². The van der Waals surface area contributed by atoms with E-state index in [4.69, 9.17) is 14.2 Å². The van der Waals surface area contributed by atoms with E-state index in [2.05, 4.69) is 15.6 Å². The number of unbranched alkanes of at least 4 members (excludes halogenated alkanes) is 2. The Morgan fingerprint density at radius 3 is 1.79 bits per heavy atom. The average Bonchev–Trinajstić information content (AvgIpc) is 2.90. The van der Waals surface area contributed by atoms with E-state index in [-0.39, 0.29) is 11.6 Å². The number of imide groups is 1. The molecule has 1 heterocycles. The maximum absolute atomic E-state index is 13.5. The first kappa shape index (κ1) is 30.5. The van der Waals surface area contributed by atoms with Gasteiger partial charge in [0.1, 0.15) is 5.69 Å². The quantitative estimate of drug-likeness (QED) is 0.360. The number of pyridine rings is 1. The van der Waals surface area contributed by atoms with Gasteiger partial charge in [0, 0.05) is 42.6 Å². The van der Waals surface area contributed by atoms with Crippen LogP contribution >= 0.6 is 0 Å². The van der Waals surface area contributed by atoms with Crippen molar-refractivity contribution in [2.45, 2.75) is 60.3 Å². The predicted molar refractivity (Wildman–Crippen MR) is 148 cm³/mol. The smallest absolute Gasteiger partial charge is 0.416 e. The molecule has 2 aromatic rings. The van der Waals surface area contributed by atoms with E-state index < -0.39 is 18.2 Å². The minimum Gasteiger partial charge on any atom is -0.493 e. The number of urea groups is 2. The van der Waals surface area contributed by atoms with Gasteiger partial charge in [0.25, 0.3) is 0 Å². The number of hydrogen-bond donors (Lipinski definition) is 2. The lowest BCUT2D eigenvalue weighted by molar-refractivity contribution is 0.155. The first-order valence-electron chi connectivity index (χ1n) is 13.2. The molecular formula is C27H41N5O6. The molecule has 2 rings (SSSR count).